The first kappa shape index (κ1) is 16.2. The molecule has 118 valence electrons. The van der Waals surface area contributed by atoms with Crippen LogP contribution in [0.5, 0.6) is 5.75 Å². The molecule has 2 aromatic rings. The quantitative estimate of drug-likeness (QED) is 0.734. The van der Waals surface area contributed by atoms with Gasteiger partial charge in [-0.25, -0.2) is 0 Å². The Bertz CT molecular complexity index is 545. The number of benzene rings is 2. The summed E-state index contributed by atoms with van der Waals surface area (Å²) in [5, 5.41) is 3.38. The molecule has 0 aromatic heterocycles. The van der Waals surface area contributed by atoms with Crippen molar-refractivity contribution in [1.82, 2.24) is 0 Å². The van der Waals surface area contributed by atoms with Gasteiger partial charge in [0.2, 0.25) is 0 Å². The average molecular weight is 298 g/mol. The summed E-state index contributed by atoms with van der Waals surface area (Å²) >= 11 is 0. The van der Waals surface area contributed by atoms with Crippen molar-refractivity contribution < 1.29 is 4.74 Å². The van der Waals surface area contributed by atoms with Gasteiger partial charge in [0.1, 0.15) is 12.4 Å². The van der Waals surface area contributed by atoms with Gasteiger partial charge in [-0.2, -0.15) is 0 Å². The lowest BCUT2D eigenvalue weighted by Crippen LogP contribution is -2.21. The topological polar surface area (TPSA) is 24.5 Å². The van der Waals surface area contributed by atoms with E-state index >= 15 is 0 Å². The smallest absolute Gasteiger partial charge is 0.119 e. The van der Waals surface area contributed by atoms with E-state index in [0.717, 1.165) is 31.1 Å². The summed E-state index contributed by atoms with van der Waals surface area (Å²) in [6.45, 7) is 9.95. The highest BCUT2D eigenvalue weighted by molar-refractivity contribution is 5.55. The minimum absolute atomic E-state index is 0.654. The van der Waals surface area contributed by atoms with Gasteiger partial charge in [-0.15, -0.1) is 0 Å². The van der Waals surface area contributed by atoms with E-state index < -0.39 is 0 Å². The van der Waals surface area contributed by atoms with Crippen LogP contribution in [-0.2, 0) is 0 Å². The lowest BCUT2D eigenvalue weighted by molar-refractivity contribution is 0.333. The monoisotopic (exact) mass is 298 g/mol. The Morgan fingerprint density at radius 1 is 0.909 bits per heavy atom. The molecule has 1 N–H and O–H groups in total. The molecule has 0 unspecified atom stereocenters. The molecule has 22 heavy (non-hydrogen) atoms. The molecule has 0 spiro atoms. The Labute approximate surface area is 133 Å². The molecule has 0 fully saturated rings. The Kier molecular flexibility index (Phi) is 6.13. The van der Waals surface area contributed by atoms with Crippen LogP contribution < -0.4 is 15.0 Å². The van der Waals surface area contributed by atoms with Crippen LogP contribution in [0.2, 0.25) is 0 Å². The van der Waals surface area contributed by atoms with Crippen molar-refractivity contribution in [3.63, 3.8) is 0 Å². The van der Waals surface area contributed by atoms with Gasteiger partial charge in [0.15, 0.2) is 0 Å². The van der Waals surface area contributed by atoms with E-state index in [4.69, 9.17) is 4.74 Å². The van der Waals surface area contributed by atoms with E-state index in [1.54, 1.807) is 0 Å². The van der Waals surface area contributed by atoms with Crippen molar-refractivity contribution >= 4 is 11.4 Å². The third-order valence-corrected chi connectivity index (χ3v) is 3.72. The third kappa shape index (κ3) is 4.69. The van der Waals surface area contributed by atoms with Crippen LogP contribution in [0.15, 0.2) is 48.5 Å². The number of aryl methyl sites for hydroxylation is 1. The van der Waals surface area contributed by atoms with Gasteiger partial charge >= 0.3 is 0 Å². The molecule has 0 heterocycles. The molecule has 2 aromatic carbocycles. The summed E-state index contributed by atoms with van der Waals surface area (Å²) in [6.07, 6.45) is 0. The molecule has 0 atom stereocenters. The van der Waals surface area contributed by atoms with Gasteiger partial charge in [0.25, 0.3) is 0 Å². The first-order valence-electron chi connectivity index (χ1n) is 8.01. The van der Waals surface area contributed by atoms with Crippen LogP contribution in [0.25, 0.3) is 0 Å². The highest BCUT2D eigenvalue weighted by atomic mass is 16.5. The first-order valence-corrected chi connectivity index (χ1v) is 8.01. The van der Waals surface area contributed by atoms with Crippen LogP contribution >= 0.6 is 0 Å². The van der Waals surface area contributed by atoms with E-state index in [0.29, 0.717) is 6.61 Å². The molecule has 3 heteroatoms. The predicted octanol–water partition coefficient (Wildman–Crippen LogP) is 4.33. The van der Waals surface area contributed by atoms with Crippen molar-refractivity contribution in [2.45, 2.75) is 20.8 Å². The molecular formula is C19H26N2O. The maximum absolute atomic E-state index is 5.71. The van der Waals surface area contributed by atoms with Crippen molar-refractivity contribution in [3.05, 3.63) is 54.1 Å². The Balaban J connectivity index is 1.76. The Morgan fingerprint density at radius 3 is 2.14 bits per heavy atom. The number of hydrogen-bond donors (Lipinski definition) is 1. The zero-order valence-electron chi connectivity index (χ0n) is 13.8. The van der Waals surface area contributed by atoms with Crippen LogP contribution in [0.1, 0.15) is 19.4 Å². The lowest BCUT2D eigenvalue weighted by atomic mass is 10.2. The lowest BCUT2D eigenvalue weighted by Gasteiger charge is -2.21. The molecule has 0 aliphatic carbocycles. The number of nitrogens with one attached hydrogen (secondary N) is 1. The van der Waals surface area contributed by atoms with Crippen molar-refractivity contribution in [3.8, 4) is 5.75 Å². The van der Waals surface area contributed by atoms with Crippen molar-refractivity contribution in [2.24, 2.45) is 0 Å². The van der Waals surface area contributed by atoms with Crippen molar-refractivity contribution in [1.29, 1.82) is 0 Å². The number of hydrogen-bond acceptors (Lipinski definition) is 3. The summed E-state index contributed by atoms with van der Waals surface area (Å²) < 4.78 is 5.71. The van der Waals surface area contributed by atoms with Crippen LogP contribution in [-0.4, -0.2) is 26.2 Å². The van der Waals surface area contributed by atoms with Crippen LogP contribution in [0.4, 0.5) is 11.4 Å². The third-order valence-electron chi connectivity index (χ3n) is 3.72. The number of nitrogens with zero attached hydrogens (tertiary/aromatic N) is 1. The second-order valence-corrected chi connectivity index (χ2v) is 5.31. The molecule has 0 saturated carbocycles. The fraction of sp³-hybridized carbons (Fsp3) is 0.368. The molecule has 0 bridgehead atoms. The van der Waals surface area contributed by atoms with E-state index in [1.807, 2.05) is 12.1 Å². The summed E-state index contributed by atoms with van der Waals surface area (Å²) in [4.78, 5) is 2.34. The number of anilines is 2. The standard InChI is InChI=1S/C19H26N2O/c1-4-21(5-2)18-10-8-17(9-11-18)20-14-15-22-19-12-6-16(3)7-13-19/h6-13,20H,4-5,14-15H2,1-3H3. The number of rotatable bonds is 8. The zero-order chi connectivity index (χ0) is 15.8. The first-order chi connectivity index (χ1) is 10.7. The molecule has 0 amide bonds. The van der Waals surface area contributed by atoms with Gasteiger partial charge in [-0.1, -0.05) is 17.7 Å². The zero-order valence-corrected chi connectivity index (χ0v) is 13.8. The summed E-state index contributed by atoms with van der Waals surface area (Å²) in [7, 11) is 0. The van der Waals surface area contributed by atoms with Gasteiger partial charge < -0.3 is 15.0 Å². The van der Waals surface area contributed by atoms with Gasteiger partial charge in [0.05, 0.1) is 0 Å². The van der Waals surface area contributed by atoms with Crippen LogP contribution in [0.3, 0.4) is 0 Å². The van der Waals surface area contributed by atoms with Gasteiger partial charge in [-0.3, -0.25) is 0 Å². The maximum Gasteiger partial charge on any atom is 0.119 e. The molecular weight excluding hydrogens is 272 g/mol. The minimum Gasteiger partial charge on any atom is -0.492 e. The van der Waals surface area contributed by atoms with Gasteiger partial charge in [-0.05, 0) is 57.2 Å². The molecule has 3 nitrogen and oxygen atoms in total. The second-order valence-electron chi connectivity index (χ2n) is 5.31. The fourth-order valence-corrected chi connectivity index (χ4v) is 2.38. The largest absolute Gasteiger partial charge is 0.492 e. The summed E-state index contributed by atoms with van der Waals surface area (Å²) in [6, 6.07) is 16.7. The van der Waals surface area contributed by atoms with E-state index in [9.17, 15) is 0 Å². The van der Waals surface area contributed by atoms with E-state index in [1.165, 1.54) is 11.3 Å². The predicted molar refractivity (Wildman–Crippen MR) is 95.2 cm³/mol. The second kappa shape index (κ2) is 8.32. The molecule has 0 aliphatic heterocycles. The highest BCUT2D eigenvalue weighted by Crippen LogP contribution is 2.17. The molecule has 0 radical (unpaired) electrons. The average Bonchev–Trinajstić information content (AvgIpc) is 2.56. The summed E-state index contributed by atoms with van der Waals surface area (Å²) in [5.74, 6) is 0.921. The van der Waals surface area contributed by atoms with Gasteiger partial charge in [0, 0.05) is 31.0 Å². The maximum atomic E-state index is 5.71. The van der Waals surface area contributed by atoms with Crippen molar-refractivity contribution in [2.75, 3.05) is 36.5 Å². The normalized spacial score (nSPS) is 10.3. The SMILES string of the molecule is CCN(CC)c1ccc(NCCOc2ccc(C)cc2)cc1. The fourth-order valence-electron chi connectivity index (χ4n) is 2.38. The van der Waals surface area contributed by atoms with E-state index in [2.05, 4.69) is 67.4 Å². The van der Waals surface area contributed by atoms with Crippen LogP contribution in [0, 0.1) is 6.92 Å². The Morgan fingerprint density at radius 2 is 1.55 bits per heavy atom. The Hall–Kier alpha value is -2.16. The number of ether oxygens (including phenoxy) is 1. The summed E-state index contributed by atoms with van der Waals surface area (Å²) in [5.41, 5.74) is 3.65. The molecule has 0 saturated heterocycles. The highest BCUT2D eigenvalue weighted by Gasteiger charge is 2.01. The van der Waals surface area contributed by atoms with E-state index in [-0.39, 0.29) is 0 Å². The minimum atomic E-state index is 0.654. The molecule has 2 rings (SSSR count). The molecule has 0 aliphatic rings.